The minimum absolute atomic E-state index is 0.00412. The fourth-order valence-electron chi connectivity index (χ4n) is 3.38. The van der Waals surface area contributed by atoms with Gasteiger partial charge in [-0.3, -0.25) is 14.9 Å². The van der Waals surface area contributed by atoms with E-state index in [1.54, 1.807) is 13.3 Å². The van der Waals surface area contributed by atoms with E-state index in [0.717, 1.165) is 29.4 Å². The Morgan fingerprint density at radius 3 is 3.07 bits per heavy atom. The molecule has 0 aliphatic carbocycles. The highest BCUT2D eigenvalue weighted by atomic mass is 16.5. The van der Waals surface area contributed by atoms with Crippen molar-refractivity contribution in [2.24, 2.45) is 0 Å². The number of H-pyrrole nitrogens is 1. The van der Waals surface area contributed by atoms with E-state index >= 15 is 0 Å². The number of rotatable bonds is 5. The molecule has 140 valence electrons. The van der Waals surface area contributed by atoms with E-state index < -0.39 is 0 Å². The molecular formula is C20H22N4O3. The highest BCUT2D eigenvalue weighted by Crippen LogP contribution is 2.24. The summed E-state index contributed by atoms with van der Waals surface area (Å²) in [6.07, 6.45) is 3.60. The summed E-state index contributed by atoms with van der Waals surface area (Å²) >= 11 is 0. The Morgan fingerprint density at radius 1 is 1.33 bits per heavy atom. The summed E-state index contributed by atoms with van der Waals surface area (Å²) < 4.78 is 11.3. The first kappa shape index (κ1) is 17.5. The Bertz CT molecular complexity index is 925. The van der Waals surface area contributed by atoms with Gasteiger partial charge in [-0.25, -0.2) is 0 Å². The lowest BCUT2D eigenvalue weighted by atomic mass is 10.1. The molecule has 1 aliphatic rings. The Labute approximate surface area is 157 Å². The van der Waals surface area contributed by atoms with Crippen LogP contribution in [0.4, 0.5) is 0 Å². The maximum Gasteiger partial charge on any atom is 0.275 e. The molecule has 0 radical (unpaired) electrons. The van der Waals surface area contributed by atoms with Crippen LogP contribution in [0, 0.1) is 0 Å². The van der Waals surface area contributed by atoms with Crippen LogP contribution in [-0.2, 0) is 11.3 Å². The number of fused-ring (bicyclic) bond motifs is 1. The summed E-state index contributed by atoms with van der Waals surface area (Å²) in [7, 11) is 1.61. The first-order valence-electron chi connectivity index (χ1n) is 9.07. The highest BCUT2D eigenvalue weighted by molar-refractivity contribution is 6.05. The normalized spacial score (nSPS) is 17.2. The molecule has 1 aliphatic heterocycles. The third-order valence-electron chi connectivity index (χ3n) is 4.83. The monoisotopic (exact) mass is 366 g/mol. The molecule has 1 saturated heterocycles. The highest BCUT2D eigenvalue weighted by Gasteiger charge is 2.27. The average Bonchev–Trinajstić information content (AvgIpc) is 3.15. The fraction of sp³-hybridized carbons (Fsp3) is 0.350. The zero-order chi connectivity index (χ0) is 18.6. The van der Waals surface area contributed by atoms with Gasteiger partial charge >= 0.3 is 0 Å². The number of piperidine rings is 1. The van der Waals surface area contributed by atoms with Crippen molar-refractivity contribution in [2.75, 3.05) is 20.2 Å². The summed E-state index contributed by atoms with van der Waals surface area (Å²) in [5.74, 6) is 0.619. The molecule has 1 amide bonds. The van der Waals surface area contributed by atoms with Crippen molar-refractivity contribution in [2.45, 2.75) is 25.6 Å². The predicted molar refractivity (Wildman–Crippen MR) is 101 cm³/mol. The van der Waals surface area contributed by atoms with Crippen LogP contribution < -0.4 is 4.74 Å². The Hall–Kier alpha value is -2.93. The van der Waals surface area contributed by atoms with Crippen LogP contribution in [0.2, 0.25) is 0 Å². The third-order valence-corrected chi connectivity index (χ3v) is 4.83. The minimum Gasteiger partial charge on any atom is -0.497 e. The van der Waals surface area contributed by atoms with E-state index in [4.69, 9.17) is 9.47 Å². The lowest BCUT2D eigenvalue weighted by Gasteiger charge is -2.32. The molecule has 1 aromatic carbocycles. The molecule has 3 heterocycles. The van der Waals surface area contributed by atoms with Crippen LogP contribution in [0.15, 0.2) is 42.6 Å². The van der Waals surface area contributed by atoms with Gasteiger partial charge in [-0.05, 0) is 43.2 Å². The van der Waals surface area contributed by atoms with Crippen molar-refractivity contribution in [3.63, 3.8) is 0 Å². The van der Waals surface area contributed by atoms with Gasteiger partial charge in [0.05, 0.1) is 31.0 Å². The van der Waals surface area contributed by atoms with E-state index in [0.29, 0.717) is 31.1 Å². The zero-order valence-electron chi connectivity index (χ0n) is 15.2. The molecule has 3 aromatic rings. The smallest absolute Gasteiger partial charge is 0.275 e. The number of carbonyl (C=O) groups is 1. The molecule has 2 aromatic heterocycles. The largest absolute Gasteiger partial charge is 0.497 e. The van der Waals surface area contributed by atoms with E-state index in [1.807, 2.05) is 41.3 Å². The molecule has 4 rings (SSSR count). The van der Waals surface area contributed by atoms with E-state index in [9.17, 15) is 4.79 Å². The van der Waals surface area contributed by atoms with Crippen LogP contribution in [0.25, 0.3) is 10.9 Å². The number of benzene rings is 1. The number of hydrogen-bond donors (Lipinski definition) is 1. The summed E-state index contributed by atoms with van der Waals surface area (Å²) in [4.78, 5) is 19.1. The van der Waals surface area contributed by atoms with Crippen molar-refractivity contribution < 1.29 is 14.3 Å². The fourth-order valence-corrected chi connectivity index (χ4v) is 3.38. The number of aromatic amines is 1. The molecule has 1 N–H and O–H groups in total. The molecule has 7 nitrogen and oxygen atoms in total. The van der Waals surface area contributed by atoms with Crippen LogP contribution in [0.5, 0.6) is 5.75 Å². The first-order chi connectivity index (χ1) is 13.2. The molecule has 1 atom stereocenters. The van der Waals surface area contributed by atoms with Gasteiger partial charge in [0.25, 0.3) is 5.91 Å². The molecule has 0 saturated carbocycles. The van der Waals surface area contributed by atoms with Gasteiger partial charge in [0.15, 0.2) is 5.69 Å². The van der Waals surface area contributed by atoms with E-state index in [-0.39, 0.29) is 12.0 Å². The lowest BCUT2D eigenvalue weighted by Crippen LogP contribution is -2.43. The molecule has 1 fully saturated rings. The van der Waals surface area contributed by atoms with Crippen molar-refractivity contribution in [1.82, 2.24) is 20.1 Å². The van der Waals surface area contributed by atoms with Gasteiger partial charge in [-0.15, -0.1) is 0 Å². The van der Waals surface area contributed by atoms with Gasteiger partial charge in [-0.2, -0.15) is 5.10 Å². The Kier molecular flexibility index (Phi) is 5.02. The average molecular weight is 366 g/mol. The van der Waals surface area contributed by atoms with Crippen LogP contribution >= 0.6 is 0 Å². The second-order valence-corrected chi connectivity index (χ2v) is 6.63. The van der Waals surface area contributed by atoms with Gasteiger partial charge < -0.3 is 14.4 Å². The molecular weight excluding hydrogens is 344 g/mol. The topological polar surface area (TPSA) is 80.3 Å². The summed E-state index contributed by atoms with van der Waals surface area (Å²) in [5, 5.41) is 7.94. The third kappa shape index (κ3) is 3.78. The molecule has 27 heavy (non-hydrogen) atoms. The maximum atomic E-state index is 13.0. The number of hydrogen-bond acceptors (Lipinski definition) is 5. The van der Waals surface area contributed by atoms with E-state index in [1.165, 1.54) is 0 Å². The van der Waals surface area contributed by atoms with Gasteiger partial charge in [0.1, 0.15) is 5.75 Å². The van der Waals surface area contributed by atoms with Crippen molar-refractivity contribution in [3.05, 3.63) is 54.0 Å². The quantitative estimate of drug-likeness (QED) is 0.751. The maximum absolute atomic E-state index is 13.0. The van der Waals surface area contributed by atoms with Crippen LogP contribution in [0.1, 0.15) is 29.0 Å². The van der Waals surface area contributed by atoms with Crippen LogP contribution in [0.3, 0.4) is 0 Å². The Balaban J connectivity index is 1.45. The van der Waals surface area contributed by atoms with Gasteiger partial charge in [0, 0.05) is 24.7 Å². The second kappa shape index (κ2) is 7.75. The van der Waals surface area contributed by atoms with Gasteiger partial charge in [-0.1, -0.05) is 6.07 Å². The molecule has 0 spiro atoms. The number of pyridine rings is 1. The summed E-state index contributed by atoms with van der Waals surface area (Å²) in [6, 6.07) is 11.3. The zero-order valence-corrected chi connectivity index (χ0v) is 15.2. The molecule has 0 bridgehead atoms. The minimum atomic E-state index is -0.0827. The number of ether oxygens (including phenoxy) is 2. The number of aromatic nitrogens is 3. The SMILES string of the molecule is COc1ccc2[nH]nc(C(=O)N3CCC[C@@H](OCc4ccccn4)C3)c2c1. The number of methoxy groups -OCH3 is 1. The number of likely N-dealkylation sites (tertiary alicyclic amines) is 1. The number of nitrogens with zero attached hydrogens (tertiary/aromatic N) is 3. The van der Waals surface area contributed by atoms with Gasteiger partial charge in [0.2, 0.25) is 0 Å². The summed E-state index contributed by atoms with van der Waals surface area (Å²) in [5.41, 5.74) is 2.14. The number of amides is 1. The standard InChI is InChI=1S/C20H22N4O3/c1-26-15-7-8-18-17(11-15)19(23-22-18)20(25)24-10-4-6-16(12-24)27-13-14-5-2-3-9-21-14/h2-3,5,7-9,11,16H,4,6,10,12-13H2,1H3,(H,22,23)/t16-/m1/s1. The summed E-state index contributed by atoms with van der Waals surface area (Å²) in [6.45, 7) is 1.72. The van der Waals surface area contributed by atoms with Crippen molar-refractivity contribution >= 4 is 16.8 Å². The second-order valence-electron chi connectivity index (χ2n) is 6.63. The van der Waals surface area contributed by atoms with Crippen LogP contribution in [-0.4, -0.2) is 52.3 Å². The predicted octanol–water partition coefficient (Wildman–Crippen LogP) is 2.79. The van der Waals surface area contributed by atoms with E-state index in [2.05, 4.69) is 15.2 Å². The number of carbonyl (C=O) groups excluding carboxylic acids is 1. The Morgan fingerprint density at radius 2 is 2.26 bits per heavy atom. The van der Waals surface area contributed by atoms with Crippen molar-refractivity contribution in [1.29, 1.82) is 0 Å². The molecule has 0 unspecified atom stereocenters. The van der Waals surface area contributed by atoms with Crippen molar-refractivity contribution in [3.8, 4) is 5.75 Å². The first-order valence-corrected chi connectivity index (χ1v) is 9.07. The lowest BCUT2D eigenvalue weighted by molar-refractivity contribution is -0.00795. The molecule has 7 heteroatoms. The number of nitrogens with one attached hydrogen (secondary N) is 1.